The molecule has 1 amide bonds. The Balaban J connectivity index is 1.65. The monoisotopic (exact) mass is 536 g/mol. The van der Waals surface area contributed by atoms with Gasteiger partial charge >= 0.3 is 0 Å². The van der Waals surface area contributed by atoms with Gasteiger partial charge in [-0.15, -0.1) is 0 Å². The van der Waals surface area contributed by atoms with Gasteiger partial charge in [0, 0.05) is 17.6 Å². The highest BCUT2D eigenvalue weighted by Crippen LogP contribution is 2.35. The van der Waals surface area contributed by atoms with E-state index in [0.717, 1.165) is 5.69 Å². The predicted octanol–water partition coefficient (Wildman–Crippen LogP) is 4.92. The summed E-state index contributed by atoms with van der Waals surface area (Å²) in [5, 5.41) is 6.65. The van der Waals surface area contributed by atoms with Crippen LogP contribution in [0.1, 0.15) is 27.3 Å². The summed E-state index contributed by atoms with van der Waals surface area (Å²) >= 11 is 6.08. The van der Waals surface area contributed by atoms with Crippen molar-refractivity contribution in [2.75, 3.05) is 17.8 Å². The molecule has 0 unspecified atom stereocenters. The average molecular weight is 537 g/mol. The van der Waals surface area contributed by atoms with E-state index in [9.17, 15) is 17.6 Å². The molecule has 188 valence electrons. The van der Waals surface area contributed by atoms with Gasteiger partial charge in [-0.1, -0.05) is 41.9 Å². The topological polar surface area (TPSA) is 84.3 Å². The van der Waals surface area contributed by atoms with Crippen LogP contribution in [-0.4, -0.2) is 36.9 Å². The lowest BCUT2D eigenvalue weighted by Crippen LogP contribution is -2.40. The van der Waals surface area contributed by atoms with E-state index in [1.54, 1.807) is 59.2 Å². The van der Waals surface area contributed by atoms with Crippen molar-refractivity contribution in [3.63, 3.8) is 0 Å². The molecule has 0 saturated heterocycles. The van der Waals surface area contributed by atoms with Crippen LogP contribution in [0.3, 0.4) is 0 Å². The zero-order chi connectivity index (χ0) is 26.2. The van der Waals surface area contributed by atoms with E-state index in [4.69, 9.17) is 11.6 Å². The Morgan fingerprint density at radius 1 is 1.03 bits per heavy atom. The van der Waals surface area contributed by atoms with E-state index in [2.05, 4.69) is 10.5 Å². The van der Waals surface area contributed by atoms with Crippen LogP contribution in [0.2, 0.25) is 5.02 Å². The van der Waals surface area contributed by atoms with Crippen molar-refractivity contribution in [3.05, 3.63) is 112 Å². The number of halogens is 2. The Bertz CT molecular complexity index is 1600. The lowest BCUT2D eigenvalue weighted by molar-refractivity contribution is 0.0945. The molecule has 37 heavy (non-hydrogen) atoms. The lowest BCUT2D eigenvalue weighted by Gasteiger charge is -2.21. The van der Waals surface area contributed by atoms with Crippen LogP contribution in [0.5, 0.6) is 0 Å². The van der Waals surface area contributed by atoms with Crippen molar-refractivity contribution >= 4 is 44.7 Å². The Morgan fingerprint density at radius 3 is 2.38 bits per heavy atom. The molecule has 7 nitrogen and oxygen atoms in total. The van der Waals surface area contributed by atoms with E-state index in [1.165, 1.54) is 12.1 Å². The molecule has 3 aromatic carbocycles. The number of hydrazine groups is 1. The largest absolute Gasteiger partial charge is 0.290 e. The molecule has 0 aliphatic carbocycles. The van der Waals surface area contributed by atoms with Gasteiger partial charge < -0.3 is 0 Å². The molecule has 1 aliphatic heterocycles. The summed E-state index contributed by atoms with van der Waals surface area (Å²) in [7, 11) is -1.91. The first-order valence-corrected chi connectivity index (χ1v) is 13.5. The Morgan fingerprint density at radius 2 is 1.70 bits per heavy atom. The van der Waals surface area contributed by atoms with Crippen molar-refractivity contribution in [3.8, 4) is 5.69 Å². The number of hydrogen-bond acceptors (Lipinski definition) is 5. The summed E-state index contributed by atoms with van der Waals surface area (Å²) in [6, 6.07) is 21.8. The van der Waals surface area contributed by atoms with Crippen molar-refractivity contribution in [1.82, 2.24) is 15.2 Å². The van der Waals surface area contributed by atoms with Crippen molar-refractivity contribution in [1.29, 1.82) is 0 Å². The van der Waals surface area contributed by atoms with Gasteiger partial charge in [0.1, 0.15) is 5.82 Å². The van der Waals surface area contributed by atoms with Crippen molar-refractivity contribution in [2.24, 2.45) is 0 Å². The molecule has 1 aromatic heterocycles. The number of carbonyl (C=O) groups is 1. The third kappa shape index (κ3) is 5.28. The summed E-state index contributed by atoms with van der Waals surface area (Å²) < 4.78 is 41.0. The minimum Gasteiger partial charge on any atom is -0.288 e. The second kappa shape index (κ2) is 9.84. The number of rotatable bonds is 5. The van der Waals surface area contributed by atoms with Gasteiger partial charge in [-0.2, -0.15) is 5.10 Å². The van der Waals surface area contributed by atoms with E-state index < -0.39 is 21.6 Å². The number of sulfone groups is 1. The lowest BCUT2D eigenvalue weighted by atomic mass is 10.0. The Kier molecular flexibility index (Phi) is 6.57. The fourth-order valence-corrected chi connectivity index (χ4v) is 5.87. The number of hydrogen-bond donors (Lipinski definition) is 1. The van der Waals surface area contributed by atoms with Crippen LogP contribution in [0.25, 0.3) is 17.3 Å². The summed E-state index contributed by atoms with van der Waals surface area (Å²) in [5.41, 5.74) is 6.01. The van der Waals surface area contributed by atoms with Gasteiger partial charge in [0.05, 0.1) is 28.6 Å². The van der Waals surface area contributed by atoms with Gasteiger partial charge in [-0.05, 0) is 65.7 Å². The quantitative estimate of drug-likeness (QED) is 0.366. The smallest absolute Gasteiger partial charge is 0.288 e. The van der Waals surface area contributed by atoms with Crippen LogP contribution in [0.15, 0.2) is 78.9 Å². The van der Waals surface area contributed by atoms with Crippen LogP contribution in [-0.2, 0) is 15.6 Å². The zero-order valence-electron chi connectivity index (χ0n) is 19.7. The first kappa shape index (κ1) is 24.7. The first-order chi connectivity index (χ1) is 17.7. The number of para-hydroxylation sites is 1. The minimum absolute atomic E-state index is 0.000937. The summed E-state index contributed by atoms with van der Waals surface area (Å²) in [4.78, 5) is 13.4. The molecular formula is C27H22ClFN4O3S. The van der Waals surface area contributed by atoms with Gasteiger partial charge in [-0.3, -0.25) is 15.2 Å². The zero-order valence-corrected chi connectivity index (χ0v) is 21.3. The SMILES string of the molecule is CN(NC(=O)c1nn(-c2ccc(Cl)cc2)c2c1CS(=O)(=O)CC2=Cc1ccc(F)cc1)c1ccccc1. The number of aromatic nitrogens is 2. The fourth-order valence-electron chi connectivity index (χ4n) is 4.24. The molecule has 0 atom stereocenters. The molecule has 1 aliphatic rings. The van der Waals surface area contributed by atoms with Gasteiger partial charge in [0.25, 0.3) is 5.91 Å². The molecule has 5 rings (SSSR count). The average Bonchev–Trinajstić information content (AvgIpc) is 3.25. The van der Waals surface area contributed by atoms with Crippen LogP contribution in [0.4, 0.5) is 10.1 Å². The molecule has 10 heteroatoms. The van der Waals surface area contributed by atoms with Crippen LogP contribution in [0, 0.1) is 5.82 Å². The van der Waals surface area contributed by atoms with Gasteiger partial charge in [0.2, 0.25) is 0 Å². The van der Waals surface area contributed by atoms with Gasteiger partial charge in [0.15, 0.2) is 15.5 Å². The van der Waals surface area contributed by atoms with E-state index in [0.29, 0.717) is 33.1 Å². The third-order valence-corrected chi connectivity index (χ3v) is 7.67. The maximum absolute atomic E-state index is 13.5. The summed E-state index contributed by atoms with van der Waals surface area (Å²) in [6.45, 7) is 0. The van der Waals surface area contributed by atoms with Crippen molar-refractivity contribution in [2.45, 2.75) is 5.75 Å². The molecule has 4 aromatic rings. The maximum atomic E-state index is 13.5. The standard InChI is InChI=1S/C27H22ClFN4O3S/c1-32(22-5-3-2-4-6-22)31-27(34)25-24-17-37(35,36)16-19(15-18-7-11-21(29)12-8-18)26(24)33(30-25)23-13-9-20(28)10-14-23/h2-15H,16-17H2,1H3,(H,31,34). The first-order valence-electron chi connectivity index (χ1n) is 11.3. The predicted molar refractivity (Wildman–Crippen MR) is 143 cm³/mol. The highest BCUT2D eigenvalue weighted by molar-refractivity contribution is 7.91. The molecule has 0 spiro atoms. The molecule has 0 radical (unpaired) electrons. The number of fused-ring (bicyclic) bond motifs is 1. The normalized spacial score (nSPS) is 15.3. The number of benzene rings is 3. The highest BCUT2D eigenvalue weighted by atomic mass is 35.5. The minimum atomic E-state index is -3.60. The van der Waals surface area contributed by atoms with Crippen LogP contribution >= 0.6 is 11.6 Å². The van der Waals surface area contributed by atoms with Crippen molar-refractivity contribution < 1.29 is 17.6 Å². The number of carbonyl (C=O) groups excluding carboxylic acids is 1. The number of anilines is 1. The second-order valence-corrected chi connectivity index (χ2v) is 11.2. The molecule has 0 fully saturated rings. The number of amides is 1. The maximum Gasteiger partial charge on any atom is 0.290 e. The Labute approximate surface area is 218 Å². The summed E-state index contributed by atoms with van der Waals surface area (Å²) in [5.74, 6) is -1.53. The summed E-state index contributed by atoms with van der Waals surface area (Å²) in [6.07, 6.45) is 1.68. The third-order valence-electron chi connectivity index (χ3n) is 5.94. The molecule has 1 N–H and O–H groups in total. The number of nitrogens with one attached hydrogen (secondary N) is 1. The van der Waals surface area contributed by atoms with E-state index in [-0.39, 0.29) is 17.2 Å². The molecule has 0 bridgehead atoms. The Hall–Kier alpha value is -3.95. The molecule has 0 saturated carbocycles. The molecular weight excluding hydrogens is 515 g/mol. The highest BCUT2D eigenvalue weighted by Gasteiger charge is 2.35. The molecule has 2 heterocycles. The van der Waals surface area contributed by atoms with Crippen LogP contribution < -0.4 is 10.4 Å². The fraction of sp³-hybridized carbons (Fsp3) is 0.111. The number of nitrogens with zero attached hydrogens (tertiary/aromatic N) is 3. The van der Waals surface area contributed by atoms with E-state index in [1.807, 2.05) is 30.3 Å². The van der Waals surface area contributed by atoms with Gasteiger partial charge in [-0.25, -0.2) is 17.5 Å². The second-order valence-electron chi connectivity index (χ2n) is 8.65. The van der Waals surface area contributed by atoms with E-state index >= 15 is 0 Å².